The van der Waals surface area contributed by atoms with Gasteiger partial charge in [-0.1, -0.05) is 98.3 Å². The smallest absolute Gasteiger partial charge is 0.305 e. The lowest BCUT2D eigenvalue weighted by Gasteiger charge is -2.42. The Kier molecular flexibility index (Phi) is 6.16. The number of hydrogen-bond donors (Lipinski definition) is 0. The first-order valence-corrected chi connectivity index (χ1v) is 15.6. The Morgan fingerprint density at radius 2 is 1.11 bits per heavy atom. The molecule has 4 heteroatoms. The minimum Gasteiger partial charge on any atom is -0.469 e. The molecule has 0 saturated heterocycles. The molecular weight excluding hydrogens is 540 g/mol. The topological polar surface area (TPSA) is 52.1 Å². The van der Waals surface area contributed by atoms with Crippen molar-refractivity contribution in [3.63, 3.8) is 0 Å². The Morgan fingerprint density at radius 1 is 0.636 bits per heavy atom. The van der Waals surface area contributed by atoms with E-state index in [1.54, 1.807) is 0 Å². The molecule has 216 valence electrons. The van der Waals surface area contributed by atoms with E-state index in [0.29, 0.717) is 12.8 Å². The molecule has 0 spiro atoms. The molecule has 4 aromatic carbocycles. The number of para-hydroxylation sites is 2. The highest BCUT2D eigenvalue weighted by molar-refractivity contribution is 5.91. The van der Waals surface area contributed by atoms with Crippen LogP contribution in [0.25, 0.3) is 44.3 Å². The number of benzene rings is 4. The summed E-state index contributed by atoms with van der Waals surface area (Å²) in [6.07, 6.45) is 3.74. The van der Waals surface area contributed by atoms with Crippen molar-refractivity contribution in [3.8, 4) is 22.5 Å². The van der Waals surface area contributed by atoms with Crippen molar-refractivity contribution in [3.05, 3.63) is 131 Å². The number of fused-ring (bicyclic) bond motifs is 8. The SMILES string of the molecule is CCCC1(CC2(CCC(=O)OC)c3ccccc3-c3nc4ccccc4cc32)c2ccccc2-c2nc3ccccc3cc21. The van der Waals surface area contributed by atoms with E-state index in [9.17, 15) is 4.79 Å². The molecule has 2 unspecified atom stereocenters. The predicted molar refractivity (Wildman–Crippen MR) is 177 cm³/mol. The molecule has 6 aromatic rings. The van der Waals surface area contributed by atoms with E-state index >= 15 is 0 Å². The van der Waals surface area contributed by atoms with Crippen LogP contribution in [0.4, 0.5) is 0 Å². The van der Waals surface area contributed by atoms with Crippen LogP contribution in [0.2, 0.25) is 0 Å². The summed E-state index contributed by atoms with van der Waals surface area (Å²) in [4.78, 5) is 23.5. The Hall–Kier alpha value is -4.83. The van der Waals surface area contributed by atoms with Gasteiger partial charge in [-0.15, -0.1) is 0 Å². The molecule has 2 atom stereocenters. The first-order valence-electron chi connectivity index (χ1n) is 15.6. The van der Waals surface area contributed by atoms with Gasteiger partial charge in [0.2, 0.25) is 0 Å². The average molecular weight is 575 g/mol. The van der Waals surface area contributed by atoms with Gasteiger partial charge >= 0.3 is 5.97 Å². The van der Waals surface area contributed by atoms with E-state index in [1.807, 2.05) is 6.07 Å². The van der Waals surface area contributed by atoms with Crippen molar-refractivity contribution in [1.29, 1.82) is 0 Å². The molecule has 44 heavy (non-hydrogen) atoms. The zero-order chi connectivity index (χ0) is 29.9. The molecule has 0 N–H and O–H groups in total. The summed E-state index contributed by atoms with van der Waals surface area (Å²) in [6.45, 7) is 2.28. The Balaban J connectivity index is 1.44. The number of esters is 1. The van der Waals surface area contributed by atoms with Gasteiger partial charge < -0.3 is 4.74 Å². The van der Waals surface area contributed by atoms with Crippen LogP contribution >= 0.6 is 0 Å². The van der Waals surface area contributed by atoms with E-state index in [2.05, 4.69) is 110 Å². The molecular formula is C40H34N2O2. The highest BCUT2D eigenvalue weighted by atomic mass is 16.5. The van der Waals surface area contributed by atoms with Crippen LogP contribution in [0.3, 0.4) is 0 Å². The van der Waals surface area contributed by atoms with Crippen LogP contribution < -0.4 is 0 Å². The molecule has 0 fully saturated rings. The largest absolute Gasteiger partial charge is 0.469 e. The number of rotatable bonds is 7. The second-order valence-electron chi connectivity index (χ2n) is 12.4. The second kappa shape index (κ2) is 10.1. The highest BCUT2D eigenvalue weighted by Gasteiger charge is 2.53. The minimum absolute atomic E-state index is 0.187. The van der Waals surface area contributed by atoms with E-state index in [-0.39, 0.29) is 11.4 Å². The standard InChI is InChI=1S/C40H34N2O2/c1-3-21-39(30-16-8-6-14-28(30)37-32(39)23-26-12-4-10-18-34(26)41-37)25-40(22-20-36(43)44-2)31-17-9-7-15-29(31)38-33(40)24-27-13-5-11-19-35(27)42-38/h4-19,23-24H,3,20-22,25H2,1-2H3. The van der Waals surface area contributed by atoms with Crippen molar-refractivity contribution < 1.29 is 9.53 Å². The van der Waals surface area contributed by atoms with Crippen LogP contribution in [-0.2, 0) is 20.4 Å². The third kappa shape index (κ3) is 3.80. The summed E-state index contributed by atoms with van der Waals surface area (Å²) in [6, 6.07) is 39.1. The lowest BCUT2D eigenvalue weighted by Crippen LogP contribution is -2.38. The van der Waals surface area contributed by atoms with Crippen molar-refractivity contribution in [2.45, 2.75) is 49.9 Å². The van der Waals surface area contributed by atoms with Crippen LogP contribution in [0.15, 0.2) is 109 Å². The number of methoxy groups -OCH3 is 1. The van der Waals surface area contributed by atoms with Crippen LogP contribution in [0.1, 0.15) is 61.3 Å². The zero-order valence-electron chi connectivity index (χ0n) is 25.1. The molecule has 0 aliphatic heterocycles. The molecule has 2 aliphatic rings. The van der Waals surface area contributed by atoms with Gasteiger partial charge in [-0.25, -0.2) is 9.97 Å². The summed E-state index contributed by atoms with van der Waals surface area (Å²) in [5.74, 6) is -0.187. The number of ether oxygens (including phenoxy) is 1. The van der Waals surface area contributed by atoms with E-state index in [4.69, 9.17) is 14.7 Å². The van der Waals surface area contributed by atoms with Gasteiger partial charge in [0.25, 0.3) is 0 Å². The molecule has 2 aliphatic carbocycles. The molecule has 2 aromatic heterocycles. The third-order valence-corrected chi connectivity index (χ3v) is 10.1. The number of hydrogen-bond acceptors (Lipinski definition) is 4. The minimum atomic E-state index is -0.466. The average Bonchev–Trinajstić information content (AvgIpc) is 3.48. The lowest BCUT2D eigenvalue weighted by atomic mass is 9.60. The number of nitrogens with zero attached hydrogens (tertiary/aromatic N) is 2. The maximum Gasteiger partial charge on any atom is 0.305 e. The number of carbonyl (C=O) groups is 1. The predicted octanol–water partition coefficient (Wildman–Crippen LogP) is 9.16. The van der Waals surface area contributed by atoms with Crippen molar-refractivity contribution in [1.82, 2.24) is 9.97 Å². The normalized spacial score (nSPS) is 19.4. The maximum absolute atomic E-state index is 12.9. The monoisotopic (exact) mass is 574 g/mol. The van der Waals surface area contributed by atoms with E-state index in [0.717, 1.165) is 58.0 Å². The number of aromatic nitrogens is 2. The number of pyridine rings is 2. The molecule has 0 amide bonds. The Morgan fingerprint density at radius 3 is 1.64 bits per heavy atom. The fraction of sp³-hybridized carbons (Fsp3) is 0.225. The quantitative estimate of drug-likeness (QED) is 0.178. The van der Waals surface area contributed by atoms with Gasteiger partial charge in [0.05, 0.1) is 29.5 Å². The summed E-state index contributed by atoms with van der Waals surface area (Å²) in [5, 5.41) is 2.27. The van der Waals surface area contributed by atoms with Gasteiger partial charge in [0.15, 0.2) is 0 Å². The first kappa shape index (κ1) is 26.8. The molecule has 0 saturated carbocycles. The summed E-state index contributed by atoms with van der Waals surface area (Å²) in [7, 11) is 1.49. The Bertz CT molecular complexity index is 2100. The first-order chi connectivity index (χ1) is 21.6. The van der Waals surface area contributed by atoms with Gasteiger partial charge in [0.1, 0.15) is 0 Å². The van der Waals surface area contributed by atoms with Crippen molar-refractivity contribution in [2.24, 2.45) is 0 Å². The van der Waals surface area contributed by atoms with Crippen LogP contribution in [0.5, 0.6) is 0 Å². The third-order valence-electron chi connectivity index (χ3n) is 10.1. The number of carbonyl (C=O) groups excluding carboxylic acids is 1. The van der Waals surface area contributed by atoms with Crippen LogP contribution in [0, 0.1) is 0 Å². The van der Waals surface area contributed by atoms with E-state index < -0.39 is 5.41 Å². The summed E-state index contributed by atoms with van der Waals surface area (Å²) < 4.78 is 5.24. The van der Waals surface area contributed by atoms with Gasteiger partial charge in [-0.05, 0) is 65.8 Å². The van der Waals surface area contributed by atoms with Crippen molar-refractivity contribution >= 4 is 27.8 Å². The van der Waals surface area contributed by atoms with Crippen molar-refractivity contribution in [2.75, 3.05) is 7.11 Å². The van der Waals surface area contributed by atoms with Gasteiger partial charge in [-0.3, -0.25) is 4.79 Å². The van der Waals surface area contributed by atoms with Gasteiger partial charge in [-0.2, -0.15) is 0 Å². The fourth-order valence-electron chi connectivity index (χ4n) is 8.33. The molecule has 4 nitrogen and oxygen atoms in total. The highest BCUT2D eigenvalue weighted by Crippen LogP contribution is 2.62. The summed E-state index contributed by atoms with van der Waals surface area (Å²) >= 11 is 0. The zero-order valence-corrected chi connectivity index (χ0v) is 25.1. The van der Waals surface area contributed by atoms with Crippen LogP contribution in [-0.4, -0.2) is 23.0 Å². The molecule has 8 rings (SSSR count). The summed E-state index contributed by atoms with van der Waals surface area (Å²) in [5.41, 5.74) is 10.8. The fourth-order valence-corrected chi connectivity index (χ4v) is 8.33. The maximum atomic E-state index is 12.9. The molecule has 2 heterocycles. The van der Waals surface area contributed by atoms with E-state index in [1.165, 1.54) is 34.9 Å². The molecule has 0 bridgehead atoms. The molecule has 0 radical (unpaired) electrons. The Labute approximate surface area is 257 Å². The van der Waals surface area contributed by atoms with Gasteiger partial charge in [0, 0.05) is 39.2 Å². The lowest BCUT2D eigenvalue weighted by molar-refractivity contribution is -0.141. The second-order valence-corrected chi connectivity index (χ2v) is 12.4.